The molecule has 6 heteroatoms. The smallest absolute Gasteiger partial charge is 0.319 e. The van der Waals surface area contributed by atoms with Crippen LogP contribution in [0.25, 0.3) is 11.0 Å². The third-order valence-corrected chi connectivity index (χ3v) is 2.59. The summed E-state index contributed by atoms with van der Waals surface area (Å²) in [5.41, 5.74) is 1.57. The van der Waals surface area contributed by atoms with Gasteiger partial charge in [-0.05, 0) is 12.1 Å². The van der Waals surface area contributed by atoms with Gasteiger partial charge in [0.25, 0.3) is 0 Å². The third kappa shape index (κ3) is 2.50. The maximum absolute atomic E-state index is 11.5. The van der Waals surface area contributed by atoms with Gasteiger partial charge in [0, 0.05) is 37.3 Å². The molecule has 2 rings (SSSR count). The summed E-state index contributed by atoms with van der Waals surface area (Å²) < 4.78 is 1.90. The Morgan fingerprint density at radius 1 is 1.53 bits per heavy atom. The number of hydrogen-bond donors (Lipinski definition) is 2. The topological polar surface area (TPSA) is 59.0 Å². The second-order valence-corrected chi connectivity index (χ2v) is 3.97. The molecule has 0 aliphatic rings. The molecular formula is C11H13ClN4O. The molecule has 0 aromatic carbocycles. The van der Waals surface area contributed by atoms with Crippen LogP contribution in [0.2, 0.25) is 0 Å². The largest absolute Gasteiger partial charge is 0.337 e. The van der Waals surface area contributed by atoms with E-state index in [9.17, 15) is 4.79 Å². The average Bonchev–Trinajstić information content (AvgIpc) is 2.70. The highest BCUT2D eigenvalue weighted by Crippen LogP contribution is 2.21. The normalized spacial score (nSPS) is 10.5. The van der Waals surface area contributed by atoms with Gasteiger partial charge in [-0.15, -0.1) is 11.6 Å². The number of nitrogens with one attached hydrogen (secondary N) is 2. The van der Waals surface area contributed by atoms with Gasteiger partial charge < -0.3 is 15.2 Å². The fourth-order valence-electron chi connectivity index (χ4n) is 1.60. The van der Waals surface area contributed by atoms with Gasteiger partial charge in [0.1, 0.15) is 5.65 Å². The summed E-state index contributed by atoms with van der Waals surface area (Å²) in [4.78, 5) is 15.8. The van der Waals surface area contributed by atoms with Crippen molar-refractivity contribution in [2.45, 2.75) is 0 Å². The van der Waals surface area contributed by atoms with Gasteiger partial charge in [-0.3, -0.25) is 0 Å². The number of rotatable bonds is 3. The first kappa shape index (κ1) is 11.7. The van der Waals surface area contributed by atoms with E-state index in [0.717, 1.165) is 16.7 Å². The van der Waals surface area contributed by atoms with Crippen molar-refractivity contribution in [2.24, 2.45) is 7.05 Å². The van der Waals surface area contributed by atoms with Crippen LogP contribution in [-0.2, 0) is 7.05 Å². The summed E-state index contributed by atoms with van der Waals surface area (Å²) in [6.45, 7) is 0.441. The summed E-state index contributed by atoms with van der Waals surface area (Å²) in [7, 11) is 1.91. The zero-order valence-corrected chi connectivity index (χ0v) is 10.2. The van der Waals surface area contributed by atoms with Crippen LogP contribution in [0.4, 0.5) is 10.5 Å². The Bertz CT molecular complexity index is 537. The summed E-state index contributed by atoms with van der Waals surface area (Å²) in [6.07, 6.45) is 3.57. The second kappa shape index (κ2) is 5.05. The van der Waals surface area contributed by atoms with Crippen molar-refractivity contribution in [3.05, 3.63) is 24.5 Å². The van der Waals surface area contributed by atoms with Gasteiger partial charge in [0.05, 0.1) is 5.69 Å². The Kier molecular flexibility index (Phi) is 3.49. The number of carbonyl (C=O) groups excluding carboxylic acids is 1. The van der Waals surface area contributed by atoms with Crippen LogP contribution in [0.3, 0.4) is 0 Å². The van der Waals surface area contributed by atoms with Crippen LogP contribution < -0.4 is 10.6 Å². The predicted molar refractivity (Wildman–Crippen MR) is 68.5 cm³/mol. The number of amides is 2. The van der Waals surface area contributed by atoms with Crippen molar-refractivity contribution in [1.29, 1.82) is 0 Å². The van der Waals surface area contributed by atoms with Crippen LogP contribution in [0.15, 0.2) is 24.5 Å². The maximum Gasteiger partial charge on any atom is 0.319 e. The van der Waals surface area contributed by atoms with Crippen molar-refractivity contribution in [3.63, 3.8) is 0 Å². The predicted octanol–water partition coefficient (Wildman–Crippen LogP) is 1.93. The fraction of sp³-hybridized carbons (Fsp3) is 0.273. The fourth-order valence-corrected chi connectivity index (χ4v) is 1.70. The molecule has 0 unspecified atom stereocenters. The standard InChI is InChI=1S/C11H13ClN4O/c1-16-7-3-8-9(2-5-13-10(8)16)15-11(17)14-6-4-12/h2-3,5,7H,4,6H2,1H3,(H2,13,14,15,17). The zero-order valence-electron chi connectivity index (χ0n) is 9.40. The number of fused-ring (bicyclic) bond motifs is 1. The van der Waals surface area contributed by atoms with Crippen LogP contribution in [0, 0.1) is 0 Å². The first-order valence-electron chi connectivity index (χ1n) is 5.23. The molecule has 17 heavy (non-hydrogen) atoms. The molecule has 0 saturated carbocycles. The molecule has 2 aromatic rings. The summed E-state index contributed by atoms with van der Waals surface area (Å²) in [6, 6.07) is 3.42. The molecule has 2 heterocycles. The van der Waals surface area contributed by atoms with Gasteiger partial charge in [-0.25, -0.2) is 9.78 Å². The van der Waals surface area contributed by atoms with Crippen molar-refractivity contribution in [3.8, 4) is 0 Å². The number of aryl methyl sites for hydroxylation is 1. The lowest BCUT2D eigenvalue weighted by Gasteiger charge is -2.07. The molecule has 0 bridgehead atoms. The highest BCUT2D eigenvalue weighted by atomic mass is 35.5. The lowest BCUT2D eigenvalue weighted by Crippen LogP contribution is -2.30. The Hall–Kier alpha value is -1.75. The number of pyridine rings is 1. The maximum atomic E-state index is 11.5. The molecule has 0 fully saturated rings. The van der Waals surface area contributed by atoms with Crippen LogP contribution in [0.1, 0.15) is 0 Å². The number of anilines is 1. The highest BCUT2D eigenvalue weighted by Gasteiger charge is 2.07. The highest BCUT2D eigenvalue weighted by molar-refractivity contribution is 6.18. The number of hydrogen-bond acceptors (Lipinski definition) is 2. The summed E-state index contributed by atoms with van der Waals surface area (Å²) in [5, 5.41) is 6.33. The molecule has 0 radical (unpaired) electrons. The minimum Gasteiger partial charge on any atom is -0.337 e. The molecule has 90 valence electrons. The first-order valence-corrected chi connectivity index (χ1v) is 5.76. The lowest BCUT2D eigenvalue weighted by atomic mass is 10.3. The van der Waals surface area contributed by atoms with E-state index >= 15 is 0 Å². The molecule has 0 spiro atoms. The van der Waals surface area contributed by atoms with Crippen molar-refractivity contribution in [1.82, 2.24) is 14.9 Å². The number of urea groups is 1. The Morgan fingerprint density at radius 3 is 3.12 bits per heavy atom. The molecule has 0 saturated heterocycles. The Labute approximate surface area is 104 Å². The number of alkyl halides is 1. The molecule has 0 aliphatic heterocycles. The second-order valence-electron chi connectivity index (χ2n) is 3.59. The van der Waals surface area contributed by atoms with Gasteiger partial charge >= 0.3 is 6.03 Å². The Morgan fingerprint density at radius 2 is 2.35 bits per heavy atom. The minimum atomic E-state index is -0.262. The van der Waals surface area contributed by atoms with Gasteiger partial charge in [0.2, 0.25) is 0 Å². The van der Waals surface area contributed by atoms with E-state index in [1.54, 1.807) is 12.3 Å². The Balaban J connectivity index is 2.21. The average molecular weight is 253 g/mol. The van der Waals surface area contributed by atoms with E-state index in [4.69, 9.17) is 11.6 Å². The summed E-state index contributed by atoms with van der Waals surface area (Å²) >= 11 is 5.49. The van der Waals surface area contributed by atoms with Crippen LogP contribution in [-0.4, -0.2) is 28.0 Å². The van der Waals surface area contributed by atoms with Crippen LogP contribution >= 0.6 is 11.6 Å². The molecule has 5 nitrogen and oxygen atoms in total. The van der Waals surface area contributed by atoms with E-state index in [-0.39, 0.29) is 6.03 Å². The third-order valence-electron chi connectivity index (χ3n) is 2.40. The van der Waals surface area contributed by atoms with Gasteiger partial charge in [-0.1, -0.05) is 0 Å². The lowest BCUT2D eigenvalue weighted by molar-refractivity contribution is 0.252. The quantitative estimate of drug-likeness (QED) is 0.820. The zero-order chi connectivity index (χ0) is 12.3. The minimum absolute atomic E-state index is 0.262. The van der Waals surface area contributed by atoms with E-state index < -0.39 is 0 Å². The van der Waals surface area contributed by atoms with Crippen molar-refractivity contribution < 1.29 is 4.79 Å². The monoisotopic (exact) mass is 252 g/mol. The molecule has 2 aromatic heterocycles. The molecule has 0 atom stereocenters. The van der Waals surface area contributed by atoms with E-state index in [1.807, 2.05) is 23.9 Å². The molecule has 2 amide bonds. The molecule has 2 N–H and O–H groups in total. The first-order chi connectivity index (χ1) is 8.22. The SMILES string of the molecule is Cn1ccc2c(NC(=O)NCCCl)ccnc21. The number of aromatic nitrogens is 2. The number of nitrogens with zero attached hydrogens (tertiary/aromatic N) is 2. The van der Waals surface area contributed by atoms with E-state index in [2.05, 4.69) is 15.6 Å². The van der Waals surface area contributed by atoms with E-state index in [0.29, 0.717) is 12.4 Å². The number of carbonyl (C=O) groups is 1. The van der Waals surface area contributed by atoms with Crippen molar-refractivity contribution in [2.75, 3.05) is 17.7 Å². The van der Waals surface area contributed by atoms with Crippen molar-refractivity contribution >= 4 is 34.4 Å². The molecular weight excluding hydrogens is 240 g/mol. The van der Waals surface area contributed by atoms with E-state index in [1.165, 1.54) is 0 Å². The van der Waals surface area contributed by atoms with Crippen LogP contribution in [0.5, 0.6) is 0 Å². The van der Waals surface area contributed by atoms with Gasteiger partial charge in [-0.2, -0.15) is 0 Å². The van der Waals surface area contributed by atoms with Gasteiger partial charge in [0.15, 0.2) is 0 Å². The molecule has 0 aliphatic carbocycles. The number of halogens is 1. The summed E-state index contributed by atoms with van der Waals surface area (Å²) in [5.74, 6) is 0.393.